The number of H-pyrrole nitrogens is 1. The Labute approximate surface area is 109 Å². The zero-order valence-electron chi connectivity index (χ0n) is 11.5. The van der Waals surface area contributed by atoms with E-state index in [4.69, 9.17) is 0 Å². The number of likely N-dealkylation sites (N-methyl/N-ethyl adjacent to an activating group) is 1. The van der Waals surface area contributed by atoms with Gasteiger partial charge in [-0.25, -0.2) is 0 Å². The quantitative estimate of drug-likeness (QED) is 0.731. The van der Waals surface area contributed by atoms with Crippen LogP contribution in [0.4, 0.5) is 0 Å². The molecule has 0 aliphatic carbocycles. The molecule has 0 aliphatic rings. The molecule has 1 aromatic heterocycles. The summed E-state index contributed by atoms with van der Waals surface area (Å²) in [6.07, 6.45) is 3.18. The Hall–Kier alpha value is -1.32. The van der Waals surface area contributed by atoms with Crippen LogP contribution >= 0.6 is 0 Å². The van der Waals surface area contributed by atoms with Crippen LogP contribution in [0.25, 0.3) is 10.9 Å². The second-order valence-electron chi connectivity index (χ2n) is 5.45. The third-order valence-electron chi connectivity index (χ3n) is 3.29. The zero-order chi connectivity index (χ0) is 13.0. The van der Waals surface area contributed by atoms with Gasteiger partial charge in [0.2, 0.25) is 0 Å². The van der Waals surface area contributed by atoms with Gasteiger partial charge in [0.25, 0.3) is 0 Å². The smallest absolute Gasteiger partial charge is 0.0456 e. The van der Waals surface area contributed by atoms with Crippen LogP contribution in [0.2, 0.25) is 0 Å². The van der Waals surface area contributed by atoms with Crippen LogP contribution in [0.5, 0.6) is 0 Å². The normalized spacial score (nSPS) is 12.2. The van der Waals surface area contributed by atoms with E-state index in [1.165, 1.54) is 16.5 Å². The highest BCUT2D eigenvalue weighted by Crippen LogP contribution is 2.17. The SMILES string of the molecule is CNCC(C)(C)NCCc1c[nH]c2ccccc12. The van der Waals surface area contributed by atoms with Crippen molar-refractivity contribution in [3.05, 3.63) is 36.0 Å². The van der Waals surface area contributed by atoms with Gasteiger partial charge in [0.05, 0.1) is 0 Å². The Morgan fingerprint density at radius 1 is 1.22 bits per heavy atom. The number of rotatable bonds is 6. The first kappa shape index (κ1) is 13.1. The van der Waals surface area contributed by atoms with E-state index in [1.807, 2.05) is 7.05 Å². The molecule has 1 aromatic carbocycles. The topological polar surface area (TPSA) is 39.8 Å². The van der Waals surface area contributed by atoms with Crippen molar-refractivity contribution in [1.29, 1.82) is 0 Å². The first-order valence-electron chi connectivity index (χ1n) is 6.57. The summed E-state index contributed by atoms with van der Waals surface area (Å²) in [7, 11) is 1.99. The third kappa shape index (κ3) is 3.12. The summed E-state index contributed by atoms with van der Waals surface area (Å²) >= 11 is 0. The van der Waals surface area contributed by atoms with Gasteiger partial charge in [-0.3, -0.25) is 0 Å². The van der Waals surface area contributed by atoms with E-state index >= 15 is 0 Å². The molecule has 1 heterocycles. The van der Waals surface area contributed by atoms with E-state index in [1.54, 1.807) is 0 Å². The summed E-state index contributed by atoms with van der Waals surface area (Å²) in [6, 6.07) is 8.46. The van der Waals surface area contributed by atoms with Crippen LogP contribution < -0.4 is 10.6 Å². The first-order chi connectivity index (χ1) is 8.62. The Kier molecular flexibility index (Phi) is 4.04. The van der Waals surface area contributed by atoms with Crippen molar-refractivity contribution in [2.75, 3.05) is 20.1 Å². The minimum atomic E-state index is 0.140. The number of fused-ring (bicyclic) bond motifs is 1. The first-order valence-corrected chi connectivity index (χ1v) is 6.57. The number of hydrogen-bond donors (Lipinski definition) is 3. The lowest BCUT2D eigenvalue weighted by atomic mass is 10.0. The van der Waals surface area contributed by atoms with Crippen molar-refractivity contribution in [2.45, 2.75) is 25.8 Å². The number of para-hydroxylation sites is 1. The van der Waals surface area contributed by atoms with E-state index < -0.39 is 0 Å². The van der Waals surface area contributed by atoms with Crippen LogP contribution in [0.1, 0.15) is 19.4 Å². The average molecular weight is 245 g/mol. The fourth-order valence-electron chi connectivity index (χ4n) is 2.38. The predicted octanol–water partition coefficient (Wildman–Crippen LogP) is 2.30. The van der Waals surface area contributed by atoms with Gasteiger partial charge in [-0.2, -0.15) is 0 Å². The maximum absolute atomic E-state index is 3.59. The number of aromatic nitrogens is 1. The Balaban J connectivity index is 1.94. The van der Waals surface area contributed by atoms with Gasteiger partial charge in [0.15, 0.2) is 0 Å². The van der Waals surface area contributed by atoms with Crippen LogP contribution in [-0.2, 0) is 6.42 Å². The third-order valence-corrected chi connectivity index (χ3v) is 3.29. The van der Waals surface area contributed by atoms with Gasteiger partial charge in [-0.15, -0.1) is 0 Å². The molecule has 3 N–H and O–H groups in total. The molecule has 3 heteroatoms. The molecule has 18 heavy (non-hydrogen) atoms. The number of benzene rings is 1. The zero-order valence-corrected chi connectivity index (χ0v) is 11.5. The molecule has 0 atom stereocenters. The summed E-state index contributed by atoms with van der Waals surface area (Å²) in [5.74, 6) is 0. The van der Waals surface area contributed by atoms with Gasteiger partial charge in [-0.05, 0) is 45.5 Å². The molecule has 0 bridgehead atoms. The van der Waals surface area contributed by atoms with E-state index in [0.717, 1.165) is 19.5 Å². The molecule has 98 valence electrons. The van der Waals surface area contributed by atoms with E-state index in [9.17, 15) is 0 Å². The maximum Gasteiger partial charge on any atom is 0.0456 e. The number of nitrogens with one attached hydrogen (secondary N) is 3. The molecule has 0 radical (unpaired) electrons. The lowest BCUT2D eigenvalue weighted by molar-refractivity contribution is 0.379. The molecule has 2 rings (SSSR count). The molecule has 0 fully saturated rings. The van der Waals surface area contributed by atoms with Gasteiger partial charge in [0, 0.05) is 29.2 Å². The molecule has 0 spiro atoms. The van der Waals surface area contributed by atoms with Crippen molar-refractivity contribution < 1.29 is 0 Å². The summed E-state index contributed by atoms with van der Waals surface area (Å²) < 4.78 is 0. The molecule has 0 unspecified atom stereocenters. The van der Waals surface area contributed by atoms with Crippen LogP contribution in [0.15, 0.2) is 30.5 Å². The molecule has 0 aliphatic heterocycles. The van der Waals surface area contributed by atoms with Gasteiger partial charge < -0.3 is 15.6 Å². The van der Waals surface area contributed by atoms with Gasteiger partial charge >= 0.3 is 0 Å². The Morgan fingerprint density at radius 2 is 2.00 bits per heavy atom. The largest absolute Gasteiger partial charge is 0.361 e. The van der Waals surface area contributed by atoms with Crippen molar-refractivity contribution in [3.8, 4) is 0 Å². The molecule has 0 amide bonds. The van der Waals surface area contributed by atoms with E-state index in [-0.39, 0.29) is 5.54 Å². The highest BCUT2D eigenvalue weighted by Gasteiger charge is 2.15. The molecule has 2 aromatic rings. The van der Waals surface area contributed by atoms with Crippen molar-refractivity contribution in [2.24, 2.45) is 0 Å². The maximum atomic E-state index is 3.59. The predicted molar refractivity (Wildman–Crippen MR) is 78.0 cm³/mol. The minimum Gasteiger partial charge on any atom is -0.361 e. The van der Waals surface area contributed by atoms with Crippen LogP contribution in [-0.4, -0.2) is 30.7 Å². The van der Waals surface area contributed by atoms with Crippen LogP contribution in [0.3, 0.4) is 0 Å². The van der Waals surface area contributed by atoms with Gasteiger partial charge in [0.1, 0.15) is 0 Å². The molecule has 0 saturated heterocycles. The molecule has 0 saturated carbocycles. The molecule has 3 nitrogen and oxygen atoms in total. The van der Waals surface area contributed by atoms with E-state index in [0.29, 0.717) is 0 Å². The second-order valence-corrected chi connectivity index (χ2v) is 5.45. The second kappa shape index (κ2) is 5.55. The van der Waals surface area contributed by atoms with E-state index in [2.05, 4.69) is 59.9 Å². The van der Waals surface area contributed by atoms with Crippen molar-refractivity contribution in [1.82, 2.24) is 15.6 Å². The fourth-order valence-corrected chi connectivity index (χ4v) is 2.38. The molecular weight excluding hydrogens is 222 g/mol. The Morgan fingerprint density at radius 3 is 2.78 bits per heavy atom. The monoisotopic (exact) mass is 245 g/mol. The number of hydrogen-bond acceptors (Lipinski definition) is 2. The summed E-state index contributed by atoms with van der Waals surface area (Å²) in [5.41, 5.74) is 2.75. The lowest BCUT2D eigenvalue weighted by Gasteiger charge is -2.26. The highest BCUT2D eigenvalue weighted by atomic mass is 15.0. The van der Waals surface area contributed by atoms with Crippen molar-refractivity contribution in [3.63, 3.8) is 0 Å². The van der Waals surface area contributed by atoms with Crippen molar-refractivity contribution >= 4 is 10.9 Å². The standard InChI is InChI=1S/C15H23N3/c1-15(2,11-16-3)18-9-8-12-10-17-14-7-5-4-6-13(12)14/h4-7,10,16-18H,8-9,11H2,1-3H3. The average Bonchev–Trinajstić information content (AvgIpc) is 2.73. The molecular formula is C15H23N3. The lowest BCUT2D eigenvalue weighted by Crippen LogP contribution is -2.47. The number of aromatic amines is 1. The summed E-state index contributed by atoms with van der Waals surface area (Å²) in [5, 5.41) is 8.14. The fraction of sp³-hybridized carbons (Fsp3) is 0.467. The van der Waals surface area contributed by atoms with Gasteiger partial charge in [-0.1, -0.05) is 18.2 Å². The van der Waals surface area contributed by atoms with Crippen LogP contribution in [0, 0.1) is 0 Å². The summed E-state index contributed by atoms with van der Waals surface area (Å²) in [4.78, 5) is 3.32. The Bertz CT molecular complexity index is 499. The highest BCUT2D eigenvalue weighted by molar-refractivity contribution is 5.83. The minimum absolute atomic E-state index is 0.140. The summed E-state index contributed by atoms with van der Waals surface area (Å²) in [6.45, 7) is 6.41.